The number of carbonyl (C=O) groups excluding carboxylic acids is 2. The van der Waals surface area contributed by atoms with Gasteiger partial charge in [0.05, 0.1) is 11.5 Å². The van der Waals surface area contributed by atoms with Crippen molar-refractivity contribution in [1.29, 1.82) is 0 Å². The van der Waals surface area contributed by atoms with Crippen molar-refractivity contribution < 1.29 is 14.3 Å². The number of unbranched alkanes of at least 4 members (excludes halogenated alkanes) is 13. The fraction of sp³-hybridized carbons (Fsp3) is 0.474. The summed E-state index contributed by atoms with van der Waals surface area (Å²) in [6, 6.07) is 23.4. The van der Waals surface area contributed by atoms with E-state index in [-0.39, 0.29) is 24.3 Å². The predicted octanol–water partition coefficient (Wildman–Crippen LogP) is 11.6. The van der Waals surface area contributed by atoms with Gasteiger partial charge >= 0.3 is 5.97 Å². The van der Waals surface area contributed by atoms with Gasteiger partial charge in [-0.15, -0.1) is 11.3 Å². The first-order chi connectivity index (χ1) is 20.7. The minimum Gasteiger partial charge on any atom is -0.461 e. The smallest absolute Gasteiger partial charge is 0.338 e. The third-order valence-electron chi connectivity index (χ3n) is 8.36. The zero-order valence-electron chi connectivity index (χ0n) is 25.5. The van der Waals surface area contributed by atoms with Crippen LogP contribution < -0.4 is 0 Å². The highest BCUT2D eigenvalue weighted by molar-refractivity contribution is 7.25. The number of fused-ring (bicyclic) bond motifs is 3. The van der Waals surface area contributed by atoms with Crippen molar-refractivity contribution in [3.63, 3.8) is 0 Å². The fourth-order valence-electron chi connectivity index (χ4n) is 5.82. The molecule has 1 heterocycles. The molecule has 1 atom stereocenters. The van der Waals surface area contributed by atoms with E-state index in [4.69, 9.17) is 4.74 Å². The lowest BCUT2D eigenvalue weighted by atomic mass is 9.92. The molecule has 0 bridgehead atoms. The third-order valence-corrected chi connectivity index (χ3v) is 9.52. The van der Waals surface area contributed by atoms with Gasteiger partial charge in [-0.05, 0) is 42.8 Å². The molecule has 0 saturated carbocycles. The van der Waals surface area contributed by atoms with Gasteiger partial charge in [0.2, 0.25) is 0 Å². The van der Waals surface area contributed by atoms with Gasteiger partial charge in [0.1, 0.15) is 6.61 Å². The van der Waals surface area contributed by atoms with Crippen LogP contribution in [0.15, 0.2) is 72.8 Å². The maximum Gasteiger partial charge on any atom is 0.338 e. The molecule has 42 heavy (non-hydrogen) atoms. The van der Waals surface area contributed by atoms with Gasteiger partial charge in [-0.3, -0.25) is 4.79 Å². The lowest BCUT2D eigenvalue weighted by molar-refractivity contribution is 0.0421. The molecular weight excluding hydrogens is 536 g/mol. The molecule has 224 valence electrons. The minimum absolute atomic E-state index is 0.0720. The Morgan fingerprint density at radius 3 is 1.86 bits per heavy atom. The molecule has 4 rings (SSSR count). The van der Waals surface area contributed by atoms with Crippen LogP contribution in [0, 0.1) is 5.92 Å². The second kappa shape index (κ2) is 17.9. The quantitative estimate of drug-likeness (QED) is 0.0589. The van der Waals surface area contributed by atoms with Crippen LogP contribution in [0.3, 0.4) is 0 Å². The number of Topliss-reactive ketones (excluding diaryl/α,β-unsaturated/α-hetero) is 1. The molecule has 0 aliphatic rings. The highest BCUT2D eigenvalue weighted by atomic mass is 32.1. The molecule has 0 saturated heterocycles. The molecule has 0 aliphatic carbocycles. The average Bonchev–Trinajstić information content (AvgIpc) is 3.40. The van der Waals surface area contributed by atoms with E-state index in [2.05, 4.69) is 31.2 Å². The first-order valence-electron chi connectivity index (χ1n) is 16.3. The number of hydrogen-bond acceptors (Lipinski definition) is 4. The van der Waals surface area contributed by atoms with Gasteiger partial charge < -0.3 is 4.74 Å². The molecule has 1 aromatic heterocycles. The first-order valence-corrected chi connectivity index (χ1v) is 17.2. The zero-order valence-corrected chi connectivity index (χ0v) is 26.3. The van der Waals surface area contributed by atoms with Crippen LogP contribution in [-0.2, 0) is 4.74 Å². The number of esters is 1. The number of ether oxygens (including phenoxy) is 1. The third kappa shape index (κ3) is 9.80. The summed E-state index contributed by atoms with van der Waals surface area (Å²) in [6.07, 6.45) is 19.0. The lowest BCUT2D eigenvalue weighted by Crippen LogP contribution is -2.23. The van der Waals surface area contributed by atoms with E-state index in [1.807, 2.05) is 36.4 Å². The Morgan fingerprint density at radius 2 is 1.19 bits per heavy atom. The Kier molecular flexibility index (Phi) is 13.6. The van der Waals surface area contributed by atoms with Crippen molar-refractivity contribution >= 4 is 43.3 Å². The Hall–Kier alpha value is -2.98. The van der Waals surface area contributed by atoms with Gasteiger partial charge in [0, 0.05) is 25.7 Å². The van der Waals surface area contributed by atoms with Gasteiger partial charge in [0.25, 0.3) is 0 Å². The molecule has 0 aliphatic heterocycles. The summed E-state index contributed by atoms with van der Waals surface area (Å²) in [5, 5.41) is 2.31. The van der Waals surface area contributed by atoms with Crippen LogP contribution in [0.25, 0.3) is 20.2 Å². The van der Waals surface area contributed by atoms with Crippen molar-refractivity contribution in [2.45, 2.75) is 103 Å². The van der Waals surface area contributed by atoms with Crippen LogP contribution in [0.1, 0.15) is 124 Å². The van der Waals surface area contributed by atoms with Crippen molar-refractivity contribution in [1.82, 2.24) is 0 Å². The number of carbonyl (C=O) groups is 2. The largest absolute Gasteiger partial charge is 0.461 e. The Morgan fingerprint density at radius 1 is 0.619 bits per heavy atom. The molecule has 4 heteroatoms. The molecule has 0 spiro atoms. The van der Waals surface area contributed by atoms with Crippen LogP contribution in [0.2, 0.25) is 0 Å². The zero-order chi connectivity index (χ0) is 29.4. The molecule has 4 aromatic rings. The summed E-state index contributed by atoms with van der Waals surface area (Å²) in [4.78, 5) is 26.4. The van der Waals surface area contributed by atoms with E-state index >= 15 is 0 Å². The number of ketones is 1. The minimum atomic E-state index is -0.367. The standard InChI is InChI=1S/C38H48O3S/c1-2-3-4-5-6-7-8-9-10-11-12-13-14-16-23-32(29-41-38(40)30-21-17-15-18-22-30)37(39)31-26-27-36-34(28-31)33-24-19-20-25-35(33)42-36/h15,17-22,24-28,32H,2-14,16,23,29H2,1H3. The summed E-state index contributed by atoms with van der Waals surface area (Å²) >= 11 is 1.75. The maximum absolute atomic E-state index is 13.8. The second-order valence-corrected chi connectivity index (χ2v) is 12.8. The topological polar surface area (TPSA) is 43.4 Å². The highest BCUT2D eigenvalue weighted by Crippen LogP contribution is 2.34. The Labute approximate surface area is 256 Å². The average molecular weight is 585 g/mol. The summed E-state index contributed by atoms with van der Waals surface area (Å²) in [5.41, 5.74) is 1.23. The Bertz CT molecular complexity index is 1370. The predicted molar refractivity (Wildman–Crippen MR) is 179 cm³/mol. The van der Waals surface area contributed by atoms with Gasteiger partial charge in [-0.1, -0.05) is 133 Å². The van der Waals surface area contributed by atoms with Gasteiger partial charge in [-0.25, -0.2) is 4.79 Å². The van der Waals surface area contributed by atoms with E-state index in [1.165, 1.54) is 91.8 Å². The van der Waals surface area contributed by atoms with Crippen molar-refractivity contribution in [2.75, 3.05) is 6.61 Å². The maximum atomic E-state index is 13.8. The molecule has 0 amide bonds. The molecule has 0 fully saturated rings. The number of hydrogen-bond donors (Lipinski definition) is 0. The molecule has 3 aromatic carbocycles. The van der Waals surface area contributed by atoms with E-state index in [0.717, 1.165) is 24.6 Å². The summed E-state index contributed by atoms with van der Waals surface area (Å²) in [7, 11) is 0. The van der Waals surface area contributed by atoms with Gasteiger partial charge in [0.15, 0.2) is 5.78 Å². The van der Waals surface area contributed by atoms with Crippen molar-refractivity contribution in [2.24, 2.45) is 5.92 Å². The van der Waals surface area contributed by atoms with E-state index in [0.29, 0.717) is 11.1 Å². The SMILES string of the molecule is CCCCCCCCCCCCCCCCC(COC(=O)c1ccccc1)C(=O)c1ccc2sc3ccccc3c2c1. The van der Waals surface area contributed by atoms with E-state index in [1.54, 1.807) is 23.5 Å². The number of rotatable bonds is 20. The van der Waals surface area contributed by atoms with E-state index < -0.39 is 0 Å². The fourth-order valence-corrected chi connectivity index (χ4v) is 6.91. The van der Waals surface area contributed by atoms with Crippen molar-refractivity contribution in [3.8, 4) is 0 Å². The lowest BCUT2D eigenvalue weighted by Gasteiger charge is -2.16. The Balaban J connectivity index is 1.26. The first kappa shape index (κ1) is 31.9. The van der Waals surface area contributed by atoms with Crippen LogP contribution in [0.4, 0.5) is 0 Å². The molecule has 0 N–H and O–H groups in total. The summed E-state index contributed by atoms with van der Waals surface area (Å²) < 4.78 is 8.10. The highest BCUT2D eigenvalue weighted by Gasteiger charge is 2.23. The summed E-state index contributed by atoms with van der Waals surface area (Å²) in [5.74, 6) is -0.631. The molecule has 3 nitrogen and oxygen atoms in total. The number of benzene rings is 3. The number of thiophene rings is 1. The normalized spacial score (nSPS) is 12.1. The van der Waals surface area contributed by atoms with Gasteiger partial charge in [-0.2, -0.15) is 0 Å². The van der Waals surface area contributed by atoms with Crippen molar-refractivity contribution in [3.05, 3.63) is 83.9 Å². The van der Waals surface area contributed by atoms with Crippen LogP contribution in [0.5, 0.6) is 0 Å². The molecular formula is C38H48O3S. The monoisotopic (exact) mass is 584 g/mol. The van der Waals surface area contributed by atoms with Crippen LogP contribution in [-0.4, -0.2) is 18.4 Å². The molecule has 0 radical (unpaired) electrons. The summed E-state index contributed by atoms with van der Waals surface area (Å²) in [6.45, 7) is 2.39. The molecule has 1 unspecified atom stereocenters. The van der Waals surface area contributed by atoms with E-state index in [9.17, 15) is 9.59 Å². The van der Waals surface area contributed by atoms with Crippen LogP contribution >= 0.6 is 11.3 Å². The second-order valence-electron chi connectivity index (χ2n) is 11.7.